The van der Waals surface area contributed by atoms with E-state index in [2.05, 4.69) is 10.3 Å². The number of nitrogens with zero attached hydrogens (tertiary/aromatic N) is 1. The van der Waals surface area contributed by atoms with Gasteiger partial charge in [-0.2, -0.15) is 4.99 Å². The first-order valence-electron chi connectivity index (χ1n) is 5.87. The average molecular weight is 277 g/mol. The summed E-state index contributed by atoms with van der Waals surface area (Å²) < 4.78 is 0. The minimum Gasteiger partial charge on any atom is -0.378 e. The number of amides is 2. The van der Waals surface area contributed by atoms with Crippen LogP contribution in [-0.2, 0) is 9.59 Å². The maximum Gasteiger partial charge on any atom is 0.262 e. The summed E-state index contributed by atoms with van der Waals surface area (Å²) in [5, 5.41) is 2.51. The van der Waals surface area contributed by atoms with Crippen LogP contribution in [0.3, 0.4) is 0 Å². The number of carbonyl (C=O) groups excluding carboxylic acids is 2. The second kappa shape index (κ2) is 5.44. The maximum atomic E-state index is 11.8. The number of aryl methyl sites for hydroxylation is 2. The van der Waals surface area contributed by atoms with E-state index < -0.39 is 5.25 Å². The molecule has 0 radical (unpaired) electrons. The second-order valence-electron chi connectivity index (χ2n) is 4.45. The molecule has 0 aromatic heterocycles. The van der Waals surface area contributed by atoms with Gasteiger partial charge in [0, 0.05) is 12.1 Å². The summed E-state index contributed by atoms with van der Waals surface area (Å²) in [4.78, 5) is 26.8. The highest BCUT2D eigenvalue weighted by Crippen LogP contribution is 2.23. The third-order valence-electron chi connectivity index (χ3n) is 2.92. The van der Waals surface area contributed by atoms with Crippen molar-refractivity contribution < 1.29 is 9.59 Å². The number of carbonyl (C=O) groups is 2. The molecule has 0 fully saturated rings. The van der Waals surface area contributed by atoms with Gasteiger partial charge in [0.15, 0.2) is 5.17 Å². The van der Waals surface area contributed by atoms with Crippen LogP contribution in [-0.4, -0.2) is 22.2 Å². The van der Waals surface area contributed by atoms with E-state index in [0.717, 1.165) is 23.0 Å². The number of nitrogens with two attached hydrogens (primary N) is 1. The summed E-state index contributed by atoms with van der Waals surface area (Å²) in [5.41, 5.74) is 8.45. The molecule has 0 saturated carbocycles. The Morgan fingerprint density at radius 1 is 1.42 bits per heavy atom. The van der Waals surface area contributed by atoms with Crippen LogP contribution in [0, 0.1) is 13.8 Å². The monoisotopic (exact) mass is 277 g/mol. The molecule has 5 nitrogen and oxygen atoms in total. The highest BCUT2D eigenvalue weighted by Gasteiger charge is 2.29. The molecular weight excluding hydrogens is 262 g/mol. The van der Waals surface area contributed by atoms with Crippen LogP contribution in [0.15, 0.2) is 23.2 Å². The zero-order valence-electron chi connectivity index (χ0n) is 10.8. The molecule has 3 N–H and O–H groups in total. The van der Waals surface area contributed by atoms with E-state index in [1.807, 2.05) is 32.0 Å². The van der Waals surface area contributed by atoms with Crippen molar-refractivity contribution in [3.8, 4) is 0 Å². The predicted octanol–water partition coefficient (Wildman–Crippen LogP) is 1.59. The first-order valence-corrected chi connectivity index (χ1v) is 6.75. The Labute approximate surface area is 115 Å². The SMILES string of the molecule is Cc1ccc(NC(=O)C[C@@H]2SC(N)=NC2=O)cc1C. The van der Waals surface area contributed by atoms with Crippen molar-refractivity contribution in [2.45, 2.75) is 25.5 Å². The lowest BCUT2D eigenvalue weighted by Gasteiger charge is -2.09. The number of aliphatic imine (C=N–C) groups is 1. The van der Waals surface area contributed by atoms with Crippen LogP contribution in [0.4, 0.5) is 5.69 Å². The molecule has 0 spiro atoms. The normalized spacial score (nSPS) is 18.3. The van der Waals surface area contributed by atoms with Crippen molar-refractivity contribution in [3.63, 3.8) is 0 Å². The van der Waals surface area contributed by atoms with Crippen LogP contribution in [0.2, 0.25) is 0 Å². The van der Waals surface area contributed by atoms with Gasteiger partial charge in [0.05, 0.1) is 0 Å². The fraction of sp³-hybridized carbons (Fsp3) is 0.308. The summed E-state index contributed by atoms with van der Waals surface area (Å²) in [5.74, 6) is -0.545. The van der Waals surface area contributed by atoms with Gasteiger partial charge in [-0.25, -0.2) is 0 Å². The summed E-state index contributed by atoms with van der Waals surface area (Å²) >= 11 is 1.14. The molecule has 0 aliphatic carbocycles. The Morgan fingerprint density at radius 2 is 2.16 bits per heavy atom. The van der Waals surface area contributed by atoms with Gasteiger partial charge in [-0.05, 0) is 37.1 Å². The van der Waals surface area contributed by atoms with Crippen LogP contribution in [0.25, 0.3) is 0 Å². The molecule has 2 rings (SSSR count). The number of amidine groups is 1. The molecular formula is C13H15N3O2S. The molecule has 0 bridgehead atoms. The lowest BCUT2D eigenvalue weighted by atomic mass is 10.1. The first kappa shape index (κ1) is 13.6. The van der Waals surface area contributed by atoms with Crippen LogP contribution in [0.5, 0.6) is 0 Å². The molecule has 1 aliphatic rings. The fourth-order valence-corrected chi connectivity index (χ4v) is 2.55. The molecule has 6 heteroatoms. The smallest absolute Gasteiger partial charge is 0.262 e. The van der Waals surface area contributed by atoms with Gasteiger partial charge in [-0.15, -0.1) is 0 Å². The van der Waals surface area contributed by atoms with Gasteiger partial charge in [-0.1, -0.05) is 17.8 Å². The number of nitrogens with one attached hydrogen (secondary N) is 1. The van der Waals surface area contributed by atoms with E-state index >= 15 is 0 Å². The van der Waals surface area contributed by atoms with Gasteiger partial charge < -0.3 is 11.1 Å². The molecule has 100 valence electrons. The Bertz CT molecular complexity index is 569. The van der Waals surface area contributed by atoms with Crippen molar-refractivity contribution >= 4 is 34.4 Å². The molecule has 1 atom stereocenters. The third kappa shape index (κ3) is 3.35. The van der Waals surface area contributed by atoms with Gasteiger partial charge in [0.25, 0.3) is 5.91 Å². The van der Waals surface area contributed by atoms with Crippen molar-refractivity contribution in [3.05, 3.63) is 29.3 Å². The molecule has 1 aliphatic heterocycles. The lowest BCUT2D eigenvalue weighted by Crippen LogP contribution is -2.21. The summed E-state index contributed by atoms with van der Waals surface area (Å²) in [6.45, 7) is 3.99. The second-order valence-corrected chi connectivity index (χ2v) is 5.67. The Kier molecular flexibility index (Phi) is 3.90. The van der Waals surface area contributed by atoms with E-state index in [9.17, 15) is 9.59 Å². The molecule has 1 aromatic rings. The number of hydrogen-bond donors (Lipinski definition) is 2. The van der Waals surface area contributed by atoms with E-state index in [0.29, 0.717) is 0 Å². The van der Waals surface area contributed by atoms with Crippen molar-refractivity contribution in [2.24, 2.45) is 10.7 Å². The standard InChI is InChI=1S/C13H15N3O2S/c1-7-3-4-9(5-8(7)2)15-11(17)6-10-12(18)16-13(14)19-10/h3-5,10H,6H2,1-2H3,(H,15,17)(H2,14,16,18)/t10-/m0/s1. The van der Waals surface area contributed by atoms with Gasteiger partial charge in [0.2, 0.25) is 5.91 Å². The van der Waals surface area contributed by atoms with Gasteiger partial charge in [0.1, 0.15) is 5.25 Å². The van der Waals surface area contributed by atoms with E-state index in [1.165, 1.54) is 5.56 Å². The summed E-state index contributed by atoms with van der Waals surface area (Å²) in [6, 6.07) is 5.69. The van der Waals surface area contributed by atoms with Crippen molar-refractivity contribution in [2.75, 3.05) is 5.32 Å². The minimum atomic E-state index is -0.494. The van der Waals surface area contributed by atoms with Crippen LogP contribution < -0.4 is 11.1 Å². The summed E-state index contributed by atoms with van der Waals surface area (Å²) in [7, 11) is 0. The highest BCUT2D eigenvalue weighted by molar-refractivity contribution is 8.15. The highest BCUT2D eigenvalue weighted by atomic mass is 32.2. The van der Waals surface area contributed by atoms with E-state index in [1.54, 1.807) is 0 Å². The van der Waals surface area contributed by atoms with Crippen molar-refractivity contribution in [1.29, 1.82) is 0 Å². The maximum absolute atomic E-state index is 11.8. The van der Waals surface area contributed by atoms with Crippen LogP contribution in [0.1, 0.15) is 17.5 Å². The van der Waals surface area contributed by atoms with Gasteiger partial charge in [-0.3, -0.25) is 9.59 Å². The molecule has 1 heterocycles. The number of hydrogen-bond acceptors (Lipinski definition) is 4. The topological polar surface area (TPSA) is 84.6 Å². The molecule has 2 amide bonds. The van der Waals surface area contributed by atoms with Crippen molar-refractivity contribution in [1.82, 2.24) is 0 Å². The van der Waals surface area contributed by atoms with E-state index in [-0.39, 0.29) is 23.4 Å². The third-order valence-corrected chi connectivity index (χ3v) is 3.91. The predicted molar refractivity (Wildman–Crippen MR) is 77.2 cm³/mol. The zero-order valence-corrected chi connectivity index (χ0v) is 11.6. The van der Waals surface area contributed by atoms with Crippen LogP contribution >= 0.6 is 11.8 Å². The largest absolute Gasteiger partial charge is 0.378 e. The number of anilines is 1. The number of rotatable bonds is 3. The molecule has 0 saturated heterocycles. The molecule has 19 heavy (non-hydrogen) atoms. The zero-order chi connectivity index (χ0) is 14.0. The average Bonchev–Trinajstić information content (AvgIpc) is 2.62. The van der Waals surface area contributed by atoms with Gasteiger partial charge >= 0.3 is 0 Å². The first-order chi connectivity index (χ1) is 8.95. The fourth-order valence-electron chi connectivity index (χ4n) is 1.73. The Balaban J connectivity index is 1.95. The summed E-state index contributed by atoms with van der Waals surface area (Å²) in [6.07, 6.45) is 0.0840. The molecule has 1 aromatic carbocycles. The van der Waals surface area contributed by atoms with E-state index in [4.69, 9.17) is 5.73 Å². The minimum absolute atomic E-state index is 0.0840. The molecule has 0 unspecified atom stereocenters. The quantitative estimate of drug-likeness (QED) is 0.878. The Hall–Kier alpha value is -1.82. The number of thioether (sulfide) groups is 1. The lowest BCUT2D eigenvalue weighted by molar-refractivity contribution is -0.121. The number of benzene rings is 1. The Morgan fingerprint density at radius 3 is 2.74 bits per heavy atom.